The van der Waals surface area contributed by atoms with E-state index in [0.717, 1.165) is 24.8 Å². The van der Waals surface area contributed by atoms with Crippen LogP contribution in [0.4, 0.5) is 0 Å². The maximum Gasteiger partial charge on any atom is 0.159 e. The highest BCUT2D eigenvalue weighted by molar-refractivity contribution is 6.09. The molecule has 0 radical (unpaired) electrons. The summed E-state index contributed by atoms with van der Waals surface area (Å²) >= 11 is 0. The number of benzene rings is 2. The summed E-state index contributed by atoms with van der Waals surface area (Å²) in [5, 5.41) is 0. The van der Waals surface area contributed by atoms with Crippen molar-refractivity contribution in [3.63, 3.8) is 0 Å². The first-order chi connectivity index (χ1) is 12.3. The largest absolute Gasteiger partial charge is 0.368 e. The van der Waals surface area contributed by atoms with Crippen molar-refractivity contribution in [3.8, 4) is 0 Å². The van der Waals surface area contributed by atoms with Gasteiger partial charge in [0.2, 0.25) is 0 Å². The fraction of sp³-hybridized carbons (Fsp3) is 0.348. The van der Waals surface area contributed by atoms with E-state index < -0.39 is 0 Å². The predicted octanol–water partition coefficient (Wildman–Crippen LogP) is 5.49. The van der Waals surface area contributed by atoms with Crippen molar-refractivity contribution < 1.29 is 9.53 Å². The van der Waals surface area contributed by atoms with Gasteiger partial charge in [-0.05, 0) is 40.7 Å². The molecule has 0 aliphatic heterocycles. The third-order valence-electron chi connectivity index (χ3n) is 5.41. The minimum atomic E-state index is -0.00511. The fourth-order valence-electron chi connectivity index (χ4n) is 4.22. The SMILES string of the molecule is CCCCC1=C2c3ccccc3[C@H](OCc3ccccc3)[C@@H]2CC1=O. The molecule has 2 aromatic carbocycles. The lowest BCUT2D eigenvalue weighted by Gasteiger charge is -2.19. The van der Waals surface area contributed by atoms with E-state index in [0.29, 0.717) is 18.8 Å². The van der Waals surface area contributed by atoms with Crippen molar-refractivity contribution >= 4 is 11.4 Å². The van der Waals surface area contributed by atoms with Crippen LogP contribution in [0.2, 0.25) is 0 Å². The molecule has 2 heteroatoms. The number of ether oxygens (including phenoxy) is 1. The fourth-order valence-corrected chi connectivity index (χ4v) is 4.22. The molecular formula is C23H24O2. The van der Waals surface area contributed by atoms with E-state index in [1.54, 1.807) is 0 Å². The molecule has 2 nitrogen and oxygen atoms in total. The van der Waals surface area contributed by atoms with Gasteiger partial charge in [-0.2, -0.15) is 0 Å². The van der Waals surface area contributed by atoms with Gasteiger partial charge in [-0.3, -0.25) is 4.79 Å². The van der Waals surface area contributed by atoms with Crippen LogP contribution in [0.1, 0.15) is 55.4 Å². The quantitative estimate of drug-likeness (QED) is 0.699. The summed E-state index contributed by atoms with van der Waals surface area (Å²) in [6.45, 7) is 2.76. The number of unbranched alkanes of at least 4 members (excludes halogenated alkanes) is 1. The minimum Gasteiger partial charge on any atom is -0.368 e. The Bertz CT molecular complexity index is 804. The normalized spacial score (nSPS) is 21.6. The molecule has 0 saturated heterocycles. The third kappa shape index (κ3) is 2.96. The van der Waals surface area contributed by atoms with Crippen LogP contribution >= 0.6 is 0 Å². The maximum atomic E-state index is 12.6. The Balaban J connectivity index is 1.66. The first-order valence-electron chi connectivity index (χ1n) is 9.30. The van der Waals surface area contributed by atoms with Gasteiger partial charge in [0.05, 0.1) is 12.7 Å². The lowest BCUT2D eigenvalue weighted by Crippen LogP contribution is -2.11. The monoisotopic (exact) mass is 332 g/mol. The van der Waals surface area contributed by atoms with Crippen molar-refractivity contribution in [2.24, 2.45) is 5.92 Å². The molecular weight excluding hydrogens is 308 g/mol. The molecule has 2 aromatic rings. The Labute approximate surface area is 149 Å². The van der Waals surface area contributed by atoms with Crippen molar-refractivity contribution in [1.82, 2.24) is 0 Å². The highest BCUT2D eigenvalue weighted by Crippen LogP contribution is 2.54. The average molecular weight is 332 g/mol. The second-order valence-corrected chi connectivity index (χ2v) is 7.03. The molecule has 0 amide bonds. The molecule has 0 spiro atoms. The highest BCUT2D eigenvalue weighted by Gasteiger charge is 2.44. The maximum absolute atomic E-state index is 12.6. The minimum absolute atomic E-state index is 0.00511. The summed E-state index contributed by atoms with van der Waals surface area (Å²) in [6, 6.07) is 18.7. The first-order valence-corrected chi connectivity index (χ1v) is 9.30. The molecule has 0 fully saturated rings. The summed E-state index contributed by atoms with van der Waals surface area (Å²) in [5.41, 5.74) is 5.99. The molecule has 0 heterocycles. The topological polar surface area (TPSA) is 26.3 Å². The van der Waals surface area contributed by atoms with Gasteiger partial charge < -0.3 is 4.74 Å². The molecule has 2 aliphatic rings. The van der Waals surface area contributed by atoms with Crippen LogP contribution in [0.5, 0.6) is 0 Å². The predicted molar refractivity (Wildman–Crippen MR) is 100.0 cm³/mol. The van der Waals surface area contributed by atoms with Crippen LogP contribution in [0, 0.1) is 5.92 Å². The van der Waals surface area contributed by atoms with Crippen LogP contribution < -0.4 is 0 Å². The van der Waals surface area contributed by atoms with E-state index in [2.05, 4.69) is 43.3 Å². The van der Waals surface area contributed by atoms with Crippen LogP contribution in [0.3, 0.4) is 0 Å². The summed E-state index contributed by atoms with van der Waals surface area (Å²) in [7, 11) is 0. The van der Waals surface area contributed by atoms with E-state index in [1.165, 1.54) is 22.3 Å². The summed E-state index contributed by atoms with van der Waals surface area (Å²) in [6.07, 6.45) is 3.69. The lowest BCUT2D eigenvalue weighted by molar-refractivity contribution is -0.116. The van der Waals surface area contributed by atoms with Crippen molar-refractivity contribution in [1.29, 1.82) is 0 Å². The number of rotatable bonds is 6. The number of ketones is 1. The Morgan fingerprint density at radius 1 is 1.04 bits per heavy atom. The molecule has 0 bridgehead atoms. The molecule has 0 N–H and O–H groups in total. The number of allylic oxidation sites excluding steroid dienone is 1. The number of hydrogen-bond acceptors (Lipinski definition) is 2. The van der Waals surface area contributed by atoms with Crippen LogP contribution in [0.25, 0.3) is 5.57 Å². The van der Waals surface area contributed by atoms with Crippen LogP contribution in [0.15, 0.2) is 60.2 Å². The number of hydrogen-bond donors (Lipinski definition) is 0. The van der Waals surface area contributed by atoms with Crippen molar-refractivity contribution in [2.45, 2.75) is 45.3 Å². The molecule has 2 atom stereocenters. The number of Topliss-reactive ketones (excluding diaryl/α,β-unsaturated/α-hetero) is 1. The zero-order chi connectivity index (χ0) is 17.2. The first kappa shape index (κ1) is 16.3. The third-order valence-corrected chi connectivity index (χ3v) is 5.41. The Hall–Kier alpha value is -2.19. The van der Waals surface area contributed by atoms with Gasteiger partial charge in [-0.25, -0.2) is 0 Å². The van der Waals surface area contributed by atoms with Gasteiger partial charge in [-0.1, -0.05) is 67.9 Å². The number of fused-ring (bicyclic) bond motifs is 3. The van der Waals surface area contributed by atoms with Crippen molar-refractivity contribution in [3.05, 3.63) is 76.9 Å². The van der Waals surface area contributed by atoms with Gasteiger partial charge in [0.1, 0.15) is 0 Å². The zero-order valence-electron chi connectivity index (χ0n) is 14.7. The number of carbonyl (C=O) groups is 1. The molecule has 4 rings (SSSR count). The van der Waals surface area contributed by atoms with E-state index >= 15 is 0 Å². The standard InChI is InChI=1S/C23H24O2/c1-2-3-11-19-21(24)14-20-22(19)17-12-7-8-13-18(17)23(20)25-15-16-9-5-4-6-10-16/h4-10,12-13,20,23H,2-3,11,14-15H2,1H3/t20-,23+/m1/s1. The Morgan fingerprint density at radius 2 is 1.80 bits per heavy atom. The molecule has 0 saturated carbocycles. The summed E-state index contributed by atoms with van der Waals surface area (Å²) in [4.78, 5) is 12.6. The van der Waals surface area contributed by atoms with E-state index in [4.69, 9.17) is 4.74 Å². The van der Waals surface area contributed by atoms with Gasteiger partial charge in [0.25, 0.3) is 0 Å². The van der Waals surface area contributed by atoms with Crippen LogP contribution in [-0.2, 0) is 16.1 Å². The second kappa shape index (κ2) is 6.97. The summed E-state index contributed by atoms with van der Waals surface area (Å²) in [5.74, 6) is 0.525. The lowest BCUT2D eigenvalue weighted by atomic mass is 9.98. The Kier molecular flexibility index (Phi) is 4.54. The zero-order valence-corrected chi connectivity index (χ0v) is 14.7. The van der Waals surface area contributed by atoms with Crippen LogP contribution in [-0.4, -0.2) is 5.78 Å². The molecule has 0 unspecified atom stereocenters. The number of carbonyl (C=O) groups excluding carboxylic acids is 1. The smallest absolute Gasteiger partial charge is 0.159 e. The van der Waals surface area contributed by atoms with Gasteiger partial charge in [0, 0.05) is 12.3 Å². The van der Waals surface area contributed by atoms with E-state index in [1.807, 2.05) is 18.2 Å². The molecule has 2 aliphatic carbocycles. The van der Waals surface area contributed by atoms with Gasteiger partial charge >= 0.3 is 0 Å². The van der Waals surface area contributed by atoms with Gasteiger partial charge in [-0.15, -0.1) is 0 Å². The molecule has 25 heavy (non-hydrogen) atoms. The second-order valence-electron chi connectivity index (χ2n) is 7.03. The molecule has 128 valence electrons. The van der Waals surface area contributed by atoms with E-state index in [-0.39, 0.29) is 12.0 Å². The summed E-state index contributed by atoms with van der Waals surface area (Å²) < 4.78 is 6.34. The van der Waals surface area contributed by atoms with E-state index in [9.17, 15) is 4.79 Å². The Morgan fingerprint density at radius 3 is 2.60 bits per heavy atom. The van der Waals surface area contributed by atoms with Crippen molar-refractivity contribution in [2.75, 3.05) is 0 Å². The highest BCUT2D eigenvalue weighted by atomic mass is 16.5. The average Bonchev–Trinajstić information content (AvgIpc) is 3.12. The van der Waals surface area contributed by atoms with Gasteiger partial charge in [0.15, 0.2) is 5.78 Å². The molecule has 0 aromatic heterocycles.